The number of hydrogen-bond acceptors (Lipinski definition) is 6. The number of esters is 1. The number of aromatic hydroxyl groups is 1. The van der Waals surface area contributed by atoms with Crippen LogP contribution in [-0.2, 0) is 14.4 Å². The molecule has 3 saturated carbocycles. The Bertz CT molecular complexity index is 1590. The van der Waals surface area contributed by atoms with Crippen molar-refractivity contribution in [3.8, 4) is 11.5 Å². The van der Waals surface area contributed by atoms with Gasteiger partial charge in [0.05, 0.1) is 5.92 Å². The molecule has 5 aliphatic rings. The zero-order valence-electron chi connectivity index (χ0n) is 29.9. The van der Waals surface area contributed by atoms with Crippen molar-refractivity contribution in [3.05, 3.63) is 46.2 Å². The van der Waals surface area contributed by atoms with Crippen LogP contribution in [0.3, 0.4) is 0 Å². The monoisotopic (exact) mass is 680 g/mol. The van der Waals surface area contributed by atoms with Gasteiger partial charge in [-0.25, -0.2) is 4.39 Å². The molecule has 7 nitrogen and oxygen atoms in total. The molecule has 1 heterocycles. The molecule has 0 saturated heterocycles. The molecule has 1 amide bonds. The van der Waals surface area contributed by atoms with Crippen molar-refractivity contribution in [1.82, 2.24) is 10.6 Å². The summed E-state index contributed by atoms with van der Waals surface area (Å²) in [5.74, 6) is -4.93. The molecule has 268 valence electrons. The highest BCUT2D eigenvalue weighted by atomic mass is 19.1. The first-order chi connectivity index (χ1) is 23.2. The van der Waals surface area contributed by atoms with E-state index in [1.54, 1.807) is 12.5 Å². The summed E-state index contributed by atoms with van der Waals surface area (Å²) in [6.45, 7) is 12.8. The van der Waals surface area contributed by atoms with Crippen LogP contribution in [-0.4, -0.2) is 35.9 Å². The summed E-state index contributed by atoms with van der Waals surface area (Å²) in [6, 6.07) is 0.962. The number of ether oxygens (including phenoxy) is 1. The molecular weight excluding hydrogens is 626 g/mol. The van der Waals surface area contributed by atoms with Gasteiger partial charge < -0.3 is 20.5 Å². The first-order valence-corrected chi connectivity index (χ1v) is 18.5. The fraction of sp³-hybridized carbons (Fsp3) is 0.675. The average Bonchev–Trinajstić information content (AvgIpc) is 3.42. The standard InChI is InChI=1S/C40H54F2N2O5/c1-23-27-21-30(41)35(47)34(42)36(27)49-37(48)28(23)22-33(46)44-19-9-7-6-8-18-43-24(2)29-10-11-31-39(29,4)17-14-32-38(3)16-13-26(45)20-25(38)12-15-40(31,32)5/h12,21,23,28,31-32,43,47H,6-11,13-20,22H2,1-5H3,(H,44,46)/t23?,28?,31-,32-,38+,39-,40+/m1/s1. The molecule has 7 atom stereocenters. The fourth-order valence-electron chi connectivity index (χ4n) is 11.0. The van der Waals surface area contributed by atoms with E-state index >= 15 is 0 Å². The Hall–Kier alpha value is -3.23. The van der Waals surface area contributed by atoms with Crippen LogP contribution in [0.1, 0.15) is 130 Å². The van der Waals surface area contributed by atoms with E-state index in [-0.39, 0.29) is 34.1 Å². The highest BCUT2D eigenvalue weighted by Crippen LogP contribution is 2.71. The highest BCUT2D eigenvalue weighted by Gasteiger charge is 2.62. The van der Waals surface area contributed by atoms with Crippen LogP contribution in [0.2, 0.25) is 0 Å². The van der Waals surface area contributed by atoms with Crippen LogP contribution in [0.4, 0.5) is 8.78 Å². The Balaban J connectivity index is 0.929. The quantitative estimate of drug-likeness (QED) is 0.0997. The van der Waals surface area contributed by atoms with Crippen molar-refractivity contribution in [2.24, 2.45) is 34.0 Å². The third kappa shape index (κ3) is 6.22. The van der Waals surface area contributed by atoms with Crippen molar-refractivity contribution in [2.75, 3.05) is 13.1 Å². The van der Waals surface area contributed by atoms with E-state index < -0.39 is 40.9 Å². The molecule has 0 aromatic heterocycles. The van der Waals surface area contributed by atoms with E-state index in [1.807, 2.05) is 0 Å². The predicted octanol–water partition coefficient (Wildman–Crippen LogP) is 8.16. The first kappa shape index (κ1) is 35.6. The van der Waals surface area contributed by atoms with Crippen LogP contribution in [0, 0.1) is 45.6 Å². The summed E-state index contributed by atoms with van der Waals surface area (Å²) in [7, 11) is 0. The second kappa shape index (κ2) is 13.5. The smallest absolute Gasteiger partial charge is 0.315 e. The summed E-state index contributed by atoms with van der Waals surface area (Å²) < 4.78 is 33.2. The van der Waals surface area contributed by atoms with Crippen molar-refractivity contribution < 1.29 is 33.0 Å². The van der Waals surface area contributed by atoms with Gasteiger partial charge in [0.25, 0.3) is 0 Å². The highest BCUT2D eigenvalue weighted by molar-refractivity contribution is 5.86. The van der Waals surface area contributed by atoms with Gasteiger partial charge in [-0.2, -0.15) is 4.39 Å². The van der Waals surface area contributed by atoms with Crippen molar-refractivity contribution in [2.45, 2.75) is 124 Å². The Labute approximate surface area is 289 Å². The van der Waals surface area contributed by atoms with Crippen molar-refractivity contribution in [3.63, 3.8) is 0 Å². The van der Waals surface area contributed by atoms with Gasteiger partial charge >= 0.3 is 5.97 Å². The molecule has 49 heavy (non-hydrogen) atoms. The third-order valence-corrected chi connectivity index (χ3v) is 13.7. The van der Waals surface area contributed by atoms with Gasteiger partial charge in [-0.3, -0.25) is 14.4 Å². The van der Waals surface area contributed by atoms with Crippen LogP contribution in [0.25, 0.3) is 0 Å². The number of Topliss-reactive ketones (excluding diaryl/α,β-unsaturated/α-hetero) is 1. The van der Waals surface area contributed by atoms with Gasteiger partial charge in [0.1, 0.15) is 5.78 Å². The Morgan fingerprint density at radius 1 is 0.980 bits per heavy atom. The normalized spacial score (nSPS) is 34.6. The fourth-order valence-corrected chi connectivity index (χ4v) is 11.0. The molecule has 9 heteroatoms. The summed E-state index contributed by atoms with van der Waals surface area (Å²) in [6.07, 6.45) is 14.6. The lowest BCUT2D eigenvalue weighted by Gasteiger charge is -2.62. The number of hydrogen-bond donors (Lipinski definition) is 3. The van der Waals surface area contributed by atoms with Gasteiger partial charge in [0.15, 0.2) is 17.3 Å². The van der Waals surface area contributed by atoms with Crippen LogP contribution in [0.15, 0.2) is 29.0 Å². The lowest BCUT2D eigenvalue weighted by molar-refractivity contribution is -0.143. The Kier molecular flexibility index (Phi) is 9.79. The number of carbonyl (C=O) groups is 3. The van der Waals surface area contributed by atoms with Gasteiger partial charge in [-0.1, -0.05) is 52.2 Å². The molecule has 0 radical (unpaired) electrons. The summed E-state index contributed by atoms with van der Waals surface area (Å²) >= 11 is 0. The van der Waals surface area contributed by atoms with Gasteiger partial charge in [-0.15, -0.1) is 0 Å². The molecule has 1 aliphatic heterocycles. The molecule has 3 N–H and O–H groups in total. The zero-order chi connectivity index (χ0) is 35.3. The maximum atomic E-state index is 14.2. The van der Waals surface area contributed by atoms with Gasteiger partial charge in [0.2, 0.25) is 11.7 Å². The number of rotatable bonds is 10. The molecule has 1 aromatic carbocycles. The molecule has 2 unspecified atom stereocenters. The number of halogens is 2. The molecule has 4 aliphatic carbocycles. The average molecular weight is 681 g/mol. The Morgan fingerprint density at radius 3 is 2.41 bits per heavy atom. The summed E-state index contributed by atoms with van der Waals surface area (Å²) in [4.78, 5) is 37.4. The summed E-state index contributed by atoms with van der Waals surface area (Å²) in [5, 5.41) is 16.1. The lowest BCUT2D eigenvalue weighted by atomic mass is 9.42. The van der Waals surface area contributed by atoms with Crippen molar-refractivity contribution in [1.29, 1.82) is 0 Å². The first-order valence-electron chi connectivity index (χ1n) is 18.5. The van der Waals surface area contributed by atoms with E-state index in [2.05, 4.69) is 44.4 Å². The van der Waals surface area contributed by atoms with Crippen LogP contribution < -0.4 is 15.4 Å². The van der Waals surface area contributed by atoms with Crippen LogP contribution in [0.5, 0.6) is 11.5 Å². The minimum Gasteiger partial charge on any atom is -0.503 e. The van der Waals surface area contributed by atoms with E-state index in [9.17, 15) is 28.3 Å². The molecule has 0 spiro atoms. The topological polar surface area (TPSA) is 105 Å². The third-order valence-electron chi connectivity index (χ3n) is 13.7. The molecule has 6 rings (SSSR count). The lowest BCUT2D eigenvalue weighted by Crippen LogP contribution is -2.55. The number of phenols is 1. The second-order valence-corrected chi connectivity index (χ2v) is 16.4. The minimum absolute atomic E-state index is 0.127. The van der Waals surface area contributed by atoms with E-state index in [0.29, 0.717) is 30.6 Å². The number of benzene rings is 1. The van der Waals surface area contributed by atoms with Gasteiger partial charge in [-0.05, 0) is 104 Å². The number of carbonyl (C=O) groups excluding carboxylic acids is 3. The predicted molar refractivity (Wildman–Crippen MR) is 184 cm³/mol. The largest absolute Gasteiger partial charge is 0.503 e. The van der Waals surface area contributed by atoms with Crippen molar-refractivity contribution >= 4 is 17.7 Å². The molecular formula is C40H54F2N2O5. The number of allylic oxidation sites excluding steroid dienone is 4. The van der Waals surface area contributed by atoms with E-state index in [1.165, 1.54) is 30.5 Å². The maximum absolute atomic E-state index is 14.2. The molecule has 0 bridgehead atoms. The SMILES string of the molecule is CC(NCCCCCCNC(=O)CC1C(=O)Oc2c(cc(F)c(O)c2F)C1C)=C1CC[C@H]2[C@]3(C)CC=C4CC(=O)CC[C@]4(C)[C@H]3CC[C@]12C. The minimum atomic E-state index is -1.30. The van der Waals surface area contributed by atoms with E-state index in [4.69, 9.17) is 4.74 Å². The number of phenolic OH excluding ortho intramolecular Hbond substituents is 1. The second-order valence-electron chi connectivity index (χ2n) is 16.4. The maximum Gasteiger partial charge on any atom is 0.315 e. The van der Waals surface area contributed by atoms with Crippen LogP contribution >= 0.6 is 0 Å². The number of nitrogens with one attached hydrogen (secondary N) is 2. The number of ketones is 1. The van der Waals surface area contributed by atoms with E-state index in [0.717, 1.165) is 64.0 Å². The number of amides is 1. The summed E-state index contributed by atoms with van der Waals surface area (Å²) in [5.41, 5.74) is 5.19. The number of unbranched alkanes of at least 4 members (excludes halogenated alkanes) is 3. The van der Waals surface area contributed by atoms with Gasteiger partial charge in [0, 0.05) is 43.6 Å². The molecule has 1 aromatic rings. The zero-order valence-corrected chi connectivity index (χ0v) is 29.9. The Morgan fingerprint density at radius 2 is 1.67 bits per heavy atom. The molecule has 3 fully saturated rings. The number of fused-ring (bicyclic) bond motifs is 6.